The summed E-state index contributed by atoms with van der Waals surface area (Å²) in [6, 6.07) is 8.39. The standard InChI is InChI=1S/C16H22O2/c1-17-15-8-4-2-6-12(15)10-13-11-18-16-9-5-3-7-14(13)16/h2,4,6,8,13-14,16H,3,5,7,9-11H2,1H3/t13-,14-,16-/m0/s1. The molecule has 0 N–H and O–H groups in total. The fourth-order valence-electron chi connectivity index (χ4n) is 3.61. The molecule has 0 unspecified atom stereocenters. The van der Waals surface area contributed by atoms with Gasteiger partial charge in [-0.25, -0.2) is 0 Å². The minimum atomic E-state index is 0.540. The molecule has 0 bridgehead atoms. The lowest BCUT2D eigenvalue weighted by molar-refractivity contribution is 0.0663. The third-order valence-corrected chi connectivity index (χ3v) is 4.56. The molecule has 2 nitrogen and oxygen atoms in total. The Hall–Kier alpha value is -1.02. The second kappa shape index (κ2) is 5.31. The van der Waals surface area contributed by atoms with E-state index in [-0.39, 0.29) is 0 Å². The molecule has 1 aromatic rings. The summed E-state index contributed by atoms with van der Waals surface area (Å²) >= 11 is 0. The Morgan fingerprint density at radius 1 is 1.22 bits per heavy atom. The van der Waals surface area contributed by atoms with E-state index in [0.717, 1.165) is 24.7 Å². The Morgan fingerprint density at radius 2 is 2.06 bits per heavy atom. The molecule has 1 saturated heterocycles. The predicted octanol–water partition coefficient (Wildman–Crippen LogP) is 3.44. The molecule has 2 fully saturated rings. The van der Waals surface area contributed by atoms with Crippen molar-refractivity contribution in [1.29, 1.82) is 0 Å². The smallest absolute Gasteiger partial charge is 0.122 e. The number of rotatable bonds is 3. The van der Waals surface area contributed by atoms with Gasteiger partial charge in [-0.3, -0.25) is 0 Å². The van der Waals surface area contributed by atoms with Gasteiger partial charge < -0.3 is 9.47 Å². The predicted molar refractivity (Wildman–Crippen MR) is 71.9 cm³/mol. The highest BCUT2D eigenvalue weighted by atomic mass is 16.5. The Labute approximate surface area is 109 Å². The van der Waals surface area contributed by atoms with Gasteiger partial charge in [0.25, 0.3) is 0 Å². The number of ether oxygens (including phenoxy) is 2. The zero-order valence-corrected chi connectivity index (χ0v) is 11.1. The monoisotopic (exact) mass is 246 g/mol. The molecule has 1 saturated carbocycles. The Kier molecular flexibility index (Phi) is 3.55. The van der Waals surface area contributed by atoms with Crippen molar-refractivity contribution in [2.45, 2.75) is 38.2 Å². The van der Waals surface area contributed by atoms with Gasteiger partial charge in [0, 0.05) is 0 Å². The van der Waals surface area contributed by atoms with Crippen molar-refractivity contribution in [1.82, 2.24) is 0 Å². The maximum atomic E-state index is 5.97. The molecule has 1 aliphatic carbocycles. The SMILES string of the molecule is COc1ccccc1C[C@H]1CO[C@H]2CCCC[C@@H]12. The fourth-order valence-corrected chi connectivity index (χ4v) is 3.61. The first-order chi connectivity index (χ1) is 8.88. The number of hydrogen-bond donors (Lipinski definition) is 0. The minimum absolute atomic E-state index is 0.540. The molecule has 2 aliphatic rings. The molecule has 98 valence electrons. The zero-order chi connectivity index (χ0) is 12.4. The lowest BCUT2D eigenvalue weighted by Crippen LogP contribution is -2.25. The highest BCUT2D eigenvalue weighted by Gasteiger charge is 2.38. The number of benzene rings is 1. The van der Waals surface area contributed by atoms with Crippen molar-refractivity contribution in [2.75, 3.05) is 13.7 Å². The molecular formula is C16H22O2. The highest BCUT2D eigenvalue weighted by molar-refractivity contribution is 5.33. The lowest BCUT2D eigenvalue weighted by atomic mass is 9.78. The van der Waals surface area contributed by atoms with E-state index in [4.69, 9.17) is 9.47 Å². The van der Waals surface area contributed by atoms with E-state index in [1.807, 2.05) is 6.07 Å². The third-order valence-electron chi connectivity index (χ3n) is 4.56. The lowest BCUT2D eigenvalue weighted by Gasteiger charge is -2.27. The van der Waals surface area contributed by atoms with Gasteiger partial charge in [-0.05, 0) is 42.7 Å². The van der Waals surface area contributed by atoms with Crippen LogP contribution in [0.4, 0.5) is 0 Å². The first-order valence-electron chi connectivity index (χ1n) is 7.12. The molecule has 0 spiro atoms. The number of fused-ring (bicyclic) bond motifs is 1. The molecule has 1 aromatic carbocycles. The summed E-state index contributed by atoms with van der Waals surface area (Å²) in [7, 11) is 1.76. The molecule has 3 atom stereocenters. The normalized spacial score (nSPS) is 31.1. The van der Waals surface area contributed by atoms with Gasteiger partial charge in [-0.15, -0.1) is 0 Å². The van der Waals surface area contributed by atoms with Crippen LogP contribution in [0.3, 0.4) is 0 Å². The molecule has 0 amide bonds. The van der Waals surface area contributed by atoms with E-state index in [9.17, 15) is 0 Å². The van der Waals surface area contributed by atoms with Gasteiger partial charge in [0.2, 0.25) is 0 Å². The first kappa shape index (κ1) is 12.0. The maximum Gasteiger partial charge on any atom is 0.122 e. The van der Waals surface area contributed by atoms with E-state index in [2.05, 4.69) is 18.2 Å². The van der Waals surface area contributed by atoms with Crippen LogP contribution in [-0.4, -0.2) is 19.8 Å². The number of hydrogen-bond acceptors (Lipinski definition) is 2. The summed E-state index contributed by atoms with van der Waals surface area (Å²) in [5, 5.41) is 0. The van der Waals surface area contributed by atoms with Crippen molar-refractivity contribution in [3.8, 4) is 5.75 Å². The van der Waals surface area contributed by atoms with Crippen molar-refractivity contribution >= 4 is 0 Å². The van der Waals surface area contributed by atoms with E-state index < -0.39 is 0 Å². The summed E-state index contributed by atoms with van der Waals surface area (Å²) in [6.07, 6.45) is 7.00. The van der Waals surface area contributed by atoms with Crippen LogP contribution in [0, 0.1) is 11.8 Å². The van der Waals surface area contributed by atoms with Gasteiger partial charge in [-0.2, -0.15) is 0 Å². The van der Waals surface area contributed by atoms with Gasteiger partial charge >= 0.3 is 0 Å². The quantitative estimate of drug-likeness (QED) is 0.813. The van der Waals surface area contributed by atoms with Gasteiger partial charge in [0.15, 0.2) is 0 Å². The Bertz CT molecular complexity index is 402. The van der Waals surface area contributed by atoms with Crippen LogP contribution >= 0.6 is 0 Å². The maximum absolute atomic E-state index is 5.97. The van der Waals surface area contributed by atoms with Crippen LogP contribution in [0.5, 0.6) is 5.75 Å². The molecule has 2 heteroatoms. The van der Waals surface area contributed by atoms with Gasteiger partial charge in [0.1, 0.15) is 5.75 Å². The number of methoxy groups -OCH3 is 1. The van der Waals surface area contributed by atoms with Crippen LogP contribution in [0.2, 0.25) is 0 Å². The second-order valence-corrected chi connectivity index (χ2v) is 5.60. The van der Waals surface area contributed by atoms with Gasteiger partial charge in [-0.1, -0.05) is 31.0 Å². The molecule has 18 heavy (non-hydrogen) atoms. The van der Waals surface area contributed by atoms with Crippen LogP contribution in [-0.2, 0) is 11.2 Å². The summed E-state index contributed by atoms with van der Waals surface area (Å²) < 4.78 is 11.4. The molecule has 0 aromatic heterocycles. The van der Waals surface area contributed by atoms with Crippen LogP contribution in [0.15, 0.2) is 24.3 Å². The summed E-state index contributed by atoms with van der Waals surface area (Å²) in [5.74, 6) is 2.49. The average molecular weight is 246 g/mol. The average Bonchev–Trinajstić information content (AvgIpc) is 2.83. The summed E-state index contributed by atoms with van der Waals surface area (Å²) in [6.45, 7) is 0.938. The zero-order valence-electron chi connectivity index (χ0n) is 11.1. The largest absolute Gasteiger partial charge is 0.496 e. The van der Waals surface area contributed by atoms with E-state index in [1.165, 1.54) is 31.2 Å². The van der Waals surface area contributed by atoms with Crippen LogP contribution in [0.1, 0.15) is 31.2 Å². The summed E-state index contributed by atoms with van der Waals surface area (Å²) in [4.78, 5) is 0. The first-order valence-corrected chi connectivity index (χ1v) is 7.12. The van der Waals surface area contributed by atoms with Crippen molar-refractivity contribution in [3.05, 3.63) is 29.8 Å². The van der Waals surface area contributed by atoms with E-state index in [0.29, 0.717) is 12.0 Å². The minimum Gasteiger partial charge on any atom is -0.496 e. The topological polar surface area (TPSA) is 18.5 Å². The third kappa shape index (κ3) is 2.26. The second-order valence-electron chi connectivity index (χ2n) is 5.60. The van der Waals surface area contributed by atoms with Gasteiger partial charge in [0.05, 0.1) is 19.8 Å². The van der Waals surface area contributed by atoms with Crippen molar-refractivity contribution in [2.24, 2.45) is 11.8 Å². The van der Waals surface area contributed by atoms with Crippen molar-refractivity contribution in [3.63, 3.8) is 0 Å². The molecule has 0 radical (unpaired) electrons. The van der Waals surface area contributed by atoms with E-state index >= 15 is 0 Å². The molecule has 1 aliphatic heterocycles. The summed E-state index contributed by atoms with van der Waals surface area (Å²) in [5.41, 5.74) is 1.33. The van der Waals surface area contributed by atoms with Crippen LogP contribution < -0.4 is 4.74 Å². The molecule has 1 heterocycles. The molecule has 3 rings (SSSR count). The van der Waals surface area contributed by atoms with Crippen LogP contribution in [0.25, 0.3) is 0 Å². The van der Waals surface area contributed by atoms with E-state index in [1.54, 1.807) is 7.11 Å². The fraction of sp³-hybridized carbons (Fsp3) is 0.625. The van der Waals surface area contributed by atoms with Crippen molar-refractivity contribution < 1.29 is 9.47 Å². The Balaban J connectivity index is 1.72. The highest BCUT2D eigenvalue weighted by Crippen LogP contribution is 2.40. The molecular weight excluding hydrogens is 224 g/mol. The Morgan fingerprint density at radius 3 is 2.94 bits per heavy atom. The number of para-hydroxylation sites is 1.